The molecule has 190 valence electrons. The fourth-order valence-electron chi connectivity index (χ4n) is 5.00. The summed E-state index contributed by atoms with van der Waals surface area (Å²) in [5, 5.41) is 13.4. The lowest BCUT2D eigenvalue weighted by atomic mass is 9.80. The molecule has 36 heavy (non-hydrogen) atoms. The highest BCUT2D eigenvalue weighted by molar-refractivity contribution is 9.12. The van der Waals surface area contributed by atoms with Gasteiger partial charge in [0.15, 0.2) is 17.8 Å². The number of carbonyl (C=O) groups is 4. The highest BCUT2D eigenvalue weighted by Crippen LogP contribution is 2.49. The van der Waals surface area contributed by atoms with Crippen molar-refractivity contribution in [2.75, 3.05) is 13.1 Å². The molecule has 2 aliphatic carbocycles. The van der Waals surface area contributed by atoms with Gasteiger partial charge >= 0.3 is 0 Å². The standard InChI is InChI=1S/C22H20Br2N4O8/c23-10-5-21(17-15(33-17)13(10)29)7-12(28-35-21)20(32)26-4-2-1-3-25-19(31)9-8-27-36-22(9)6-11(24)14(30)16-18(22)34-16/h5-6,8-9,15-18H,1-4,7H2,(H,25,31)(H,26,32)/t9?,15-,16-,17-,18-,21+,22+/m0/s1. The second kappa shape index (κ2) is 8.57. The number of carbonyl (C=O) groups excluding carboxylic acids is 4. The number of rotatable bonds is 7. The second-order valence-corrected chi connectivity index (χ2v) is 11.1. The van der Waals surface area contributed by atoms with Crippen molar-refractivity contribution in [3.05, 3.63) is 21.1 Å². The van der Waals surface area contributed by atoms with Gasteiger partial charge < -0.3 is 29.8 Å². The summed E-state index contributed by atoms with van der Waals surface area (Å²) in [5.74, 6) is -1.66. The fraction of sp³-hybridized carbons (Fsp3) is 0.545. The van der Waals surface area contributed by atoms with Crippen LogP contribution in [0.5, 0.6) is 0 Å². The summed E-state index contributed by atoms with van der Waals surface area (Å²) in [7, 11) is 0. The molecular weight excluding hydrogens is 608 g/mol. The Morgan fingerprint density at radius 1 is 0.972 bits per heavy atom. The van der Waals surface area contributed by atoms with E-state index in [9.17, 15) is 19.2 Å². The van der Waals surface area contributed by atoms with Crippen LogP contribution in [-0.2, 0) is 38.3 Å². The predicted octanol–water partition coefficient (Wildman–Crippen LogP) is 0.143. The third kappa shape index (κ3) is 3.76. The molecule has 2 N–H and O–H groups in total. The number of nitrogens with zero attached hydrogens (tertiary/aromatic N) is 2. The third-order valence-electron chi connectivity index (χ3n) is 7.03. The van der Waals surface area contributed by atoms with Crippen molar-refractivity contribution < 1.29 is 38.3 Å². The van der Waals surface area contributed by atoms with E-state index in [1.807, 2.05) is 0 Å². The number of hydrogen-bond acceptors (Lipinski definition) is 10. The molecule has 4 heterocycles. The maximum atomic E-state index is 12.8. The predicted molar refractivity (Wildman–Crippen MR) is 128 cm³/mol. The van der Waals surface area contributed by atoms with Crippen LogP contribution in [0.3, 0.4) is 0 Å². The van der Waals surface area contributed by atoms with Crippen LogP contribution < -0.4 is 10.6 Å². The molecule has 6 aliphatic rings. The van der Waals surface area contributed by atoms with Crippen LogP contribution in [0.25, 0.3) is 0 Å². The molecule has 14 heteroatoms. The van der Waals surface area contributed by atoms with Gasteiger partial charge in [0.05, 0.1) is 15.2 Å². The quantitative estimate of drug-likeness (QED) is 0.298. The van der Waals surface area contributed by atoms with Gasteiger partial charge in [-0.1, -0.05) is 10.3 Å². The molecule has 0 aromatic rings. The Hall–Kier alpha value is -2.42. The minimum absolute atomic E-state index is 0.134. The zero-order valence-corrected chi connectivity index (χ0v) is 21.7. The number of ether oxygens (including phenoxy) is 2. The first kappa shape index (κ1) is 23.9. The van der Waals surface area contributed by atoms with Crippen molar-refractivity contribution in [3.63, 3.8) is 0 Å². The number of amides is 2. The number of epoxide rings is 2. The Bertz CT molecular complexity index is 1200. The average Bonchev–Trinajstić information content (AvgIpc) is 3.76. The molecule has 0 aromatic carbocycles. The Kier molecular flexibility index (Phi) is 5.70. The van der Waals surface area contributed by atoms with Crippen LogP contribution in [-0.4, -0.2) is 84.0 Å². The molecule has 12 nitrogen and oxygen atoms in total. The molecule has 2 amide bonds. The smallest absolute Gasteiger partial charge is 0.269 e. The fourth-order valence-corrected chi connectivity index (χ4v) is 6.19. The zero-order valence-electron chi connectivity index (χ0n) is 18.6. The van der Waals surface area contributed by atoms with Crippen LogP contribution in [0.4, 0.5) is 0 Å². The van der Waals surface area contributed by atoms with Gasteiger partial charge in [0.25, 0.3) is 5.91 Å². The summed E-state index contributed by atoms with van der Waals surface area (Å²) in [4.78, 5) is 60.2. The summed E-state index contributed by atoms with van der Waals surface area (Å²) >= 11 is 6.44. The monoisotopic (exact) mass is 626 g/mol. The van der Waals surface area contributed by atoms with Gasteiger partial charge in [0.1, 0.15) is 23.8 Å². The molecule has 0 saturated carbocycles. The molecular formula is C22H20Br2N4O8. The molecule has 6 rings (SSSR count). The van der Waals surface area contributed by atoms with Gasteiger partial charge in [-0.2, -0.15) is 0 Å². The minimum atomic E-state index is -1.13. The average molecular weight is 628 g/mol. The van der Waals surface area contributed by atoms with Gasteiger partial charge in [0.2, 0.25) is 23.1 Å². The second-order valence-electron chi connectivity index (χ2n) is 9.36. The normalized spacial score (nSPS) is 38.9. The molecule has 0 bridgehead atoms. The first-order valence-corrected chi connectivity index (χ1v) is 13.0. The van der Waals surface area contributed by atoms with Crippen molar-refractivity contribution in [2.24, 2.45) is 16.2 Å². The molecule has 7 atom stereocenters. The molecule has 2 fully saturated rings. The molecule has 2 saturated heterocycles. The lowest BCUT2D eigenvalue weighted by molar-refractivity contribution is -0.130. The van der Waals surface area contributed by atoms with E-state index in [4.69, 9.17) is 19.1 Å². The summed E-state index contributed by atoms with van der Waals surface area (Å²) in [5.41, 5.74) is -1.82. The van der Waals surface area contributed by atoms with E-state index < -0.39 is 41.5 Å². The topological polar surface area (TPSA) is 161 Å². The summed E-state index contributed by atoms with van der Waals surface area (Å²) in [6.45, 7) is 0.767. The number of ketones is 2. The van der Waals surface area contributed by atoms with Gasteiger partial charge in [-0.25, -0.2) is 0 Å². The Labute approximate surface area is 221 Å². The third-order valence-corrected chi connectivity index (χ3v) is 8.27. The van der Waals surface area contributed by atoms with E-state index in [1.165, 1.54) is 6.21 Å². The first-order chi connectivity index (χ1) is 17.3. The highest BCUT2D eigenvalue weighted by atomic mass is 79.9. The van der Waals surface area contributed by atoms with Gasteiger partial charge in [-0.05, 0) is 56.9 Å². The summed E-state index contributed by atoms with van der Waals surface area (Å²) in [6.07, 6.45) is 3.92. The number of oxime groups is 2. The number of nitrogens with one attached hydrogen (secondary N) is 2. The van der Waals surface area contributed by atoms with Crippen LogP contribution in [0.1, 0.15) is 19.3 Å². The largest absolute Gasteiger partial charge is 0.381 e. The van der Waals surface area contributed by atoms with Crippen molar-refractivity contribution in [1.29, 1.82) is 0 Å². The van der Waals surface area contributed by atoms with E-state index >= 15 is 0 Å². The molecule has 2 spiro atoms. The van der Waals surface area contributed by atoms with E-state index in [1.54, 1.807) is 12.2 Å². The summed E-state index contributed by atoms with van der Waals surface area (Å²) < 4.78 is 11.6. The maximum Gasteiger partial charge on any atom is 0.269 e. The summed E-state index contributed by atoms with van der Waals surface area (Å²) in [6, 6.07) is 0. The van der Waals surface area contributed by atoms with Crippen molar-refractivity contribution in [1.82, 2.24) is 10.6 Å². The van der Waals surface area contributed by atoms with Crippen LogP contribution in [0.2, 0.25) is 0 Å². The van der Waals surface area contributed by atoms with E-state index in [-0.39, 0.29) is 35.5 Å². The maximum absolute atomic E-state index is 12.8. The SMILES string of the molecule is O=C(NCCCCNC(=O)C1C=NO[C@]12C=C(Br)C(=O)[C@@H]1O[C@@H]12)C1=NO[C@]2(C=C(Br)C(=O)[C@@H]3O[C@@H]32)C1. The van der Waals surface area contributed by atoms with E-state index in [0.717, 1.165) is 0 Å². The van der Waals surface area contributed by atoms with Crippen molar-refractivity contribution in [3.8, 4) is 0 Å². The molecule has 4 aliphatic heterocycles. The molecule has 0 aromatic heterocycles. The Morgan fingerprint density at radius 3 is 2.42 bits per heavy atom. The van der Waals surface area contributed by atoms with Crippen LogP contribution in [0.15, 0.2) is 31.4 Å². The first-order valence-electron chi connectivity index (χ1n) is 11.4. The number of halogens is 2. The van der Waals surface area contributed by atoms with Crippen molar-refractivity contribution in [2.45, 2.75) is 54.9 Å². The number of Topliss-reactive ketones (excluding diaryl/α,β-unsaturated/α-hetero) is 2. The number of fused-ring (bicyclic) bond motifs is 4. The zero-order chi connectivity index (χ0) is 25.2. The minimum Gasteiger partial charge on any atom is -0.381 e. The van der Waals surface area contributed by atoms with Gasteiger partial charge in [0, 0.05) is 19.5 Å². The lowest BCUT2D eigenvalue weighted by Crippen LogP contribution is -2.51. The van der Waals surface area contributed by atoms with Crippen LogP contribution in [0, 0.1) is 5.92 Å². The van der Waals surface area contributed by atoms with E-state index in [0.29, 0.717) is 34.9 Å². The van der Waals surface area contributed by atoms with Gasteiger partial charge in [-0.3, -0.25) is 19.2 Å². The Balaban J connectivity index is 0.933. The highest BCUT2D eigenvalue weighted by Gasteiger charge is 2.68. The molecule has 1 unspecified atom stereocenters. The van der Waals surface area contributed by atoms with Crippen LogP contribution >= 0.6 is 31.9 Å². The van der Waals surface area contributed by atoms with Crippen molar-refractivity contribution >= 4 is 67.2 Å². The van der Waals surface area contributed by atoms with Gasteiger partial charge in [-0.15, -0.1) is 0 Å². The lowest BCUT2D eigenvalue weighted by Gasteiger charge is -2.29. The van der Waals surface area contributed by atoms with E-state index in [2.05, 4.69) is 52.8 Å². The number of hydrogen-bond donors (Lipinski definition) is 2. The number of unbranched alkanes of at least 4 members (excludes halogenated alkanes) is 1. The molecule has 0 radical (unpaired) electrons. The Morgan fingerprint density at radius 2 is 1.64 bits per heavy atom.